The summed E-state index contributed by atoms with van der Waals surface area (Å²) in [6.07, 6.45) is 0. The molecule has 0 spiro atoms. The minimum Gasteiger partial charge on any atom is -0.399 e. The van der Waals surface area contributed by atoms with Gasteiger partial charge in [0, 0.05) is 11.8 Å². The van der Waals surface area contributed by atoms with Crippen molar-refractivity contribution < 1.29 is 8.76 Å². The number of anilines is 1. The quantitative estimate of drug-likeness (QED) is 0.586. The molecule has 0 amide bonds. The van der Waals surface area contributed by atoms with Crippen molar-refractivity contribution in [2.24, 2.45) is 0 Å². The average molecular weight is 214 g/mol. The van der Waals surface area contributed by atoms with E-state index in [1.165, 1.54) is 0 Å². The van der Waals surface area contributed by atoms with Gasteiger partial charge in [-0.1, -0.05) is 4.21 Å². The fourth-order valence-corrected chi connectivity index (χ4v) is 2.42. The zero-order valence-corrected chi connectivity index (χ0v) is 9.47. The zero-order valence-electron chi connectivity index (χ0n) is 8.65. The second-order valence-corrected chi connectivity index (χ2v) is 6.25. The summed E-state index contributed by atoms with van der Waals surface area (Å²) in [5.41, 5.74) is 7.05. The lowest BCUT2D eigenvalue weighted by Crippen LogP contribution is -2.21. The number of benzene rings is 1. The van der Waals surface area contributed by atoms with Crippen LogP contribution in [0.3, 0.4) is 0 Å². The van der Waals surface area contributed by atoms with Gasteiger partial charge < -0.3 is 5.73 Å². The summed E-state index contributed by atoms with van der Waals surface area (Å²) >= 11 is 0. The van der Waals surface area contributed by atoms with E-state index in [4.69, 9.17) is 5.73 Å². The zero-order chi connectivity index (χ0) is 10.9. The van der Waals surface area contributed by atoms with Crippen LogP contribution in [0.15, 0.2) is 23.1 Å². The summed E-state index contributed by atoms with van der Waals surface area (Å²) in [6, 6.07) is 5.05. The van der Waals surface area contributed by atoms with Gasteiger partial charge in [-0.05, 0) is 38.5 Å². The van der Waals surface area contributed by atoms with Crippen molar-refractivity contribution in [1.29, 1.82) is 0 Å². The number of aryl methyl sites for hydroxylation is 1. The number of hydrogen-bond donors (Lipinski definition) is 2. The molecule has 78 valence electrons. The fraction of sp³-hybridized carbons (Fsp3) is 0.400. The van der Waals surface area contributed by atoms with Crippen LogP contribution in [0.5, 0.6) is 0 Å². The Bertz CT molecular complexity index is 367. The first-order valence-corrected chi connectivity index (χ1v) is 6.04. The summed E-state index contributed by atoms with van der Waals surface area (Å²) in [4.78, 5) is 0.421. The fourth-order valence-electron chi connectivity index (χ4n) is 1.22. The third-order valence-corrected chi connectivity index (χ3v) is 4.24. The molecule has 0 bridgehead atoms. The van der Waals surface area contributed by atoms with Crippen LogP contribution in [0.2, 0.25) is 0 Å². The van der Waals surface area contributed by atoms with Crippen LogP contribution in [-0.2, 0) is 14.4 Å². The summed E-state index contributed by atoms with van der Waals surface area (Å²) in [5, 5.41) is -0.302. The molecule has 0 heterocycles. The highest BCUT2D eigenvalue weighted by molar-refractivity contribution is 7.98. The topological polar surface area (TPSA) is 63.3 Å². The maximum absolute atomic E-state index is 11.9. The number of nitrogen functional groups attached to an aromatic ring is 1. The molecular weight excluding hydrogens is 198 g/mol. The summed E-state index contributed by atoms with van der Waals surface area (Å²) in [6.45, 7) is 5.30. The van der Waals surface area contributed by atoms with E-state index >= 15 is 0 Å². The normalized spacial score (nSPS) is 15.5. The van der Waals surface area contributed by atoms with Crippen LogP contribution in [0.1, 0.15) is 19.4 Å². The number of nitrogens with two attached hydrogens (primary N) is 1. The summed E-state index contributed by atoms with van der Waals surface area (Å²) in [5.74, 6) is 0. The largest absolute Gasteiger partial charge is 0.399 e. The number of hydrogen-bond acceptors (Lipinski definition) is 2. The van der Waals surface area contributed by atoms with Gasteiger partial charge in [-0.2, -0.15) is 4.55 Å². The second-order valence-electron chi connectivity index (χ2n) is 3.70. The Kier molecular flexibility index (Phi) is 2.97. The lowest BCUT2D eigenvalue weighted by Gasteiger charge is -2.08. The molecule has 0 fully saturated rings. The van der Waals surface area contributed by atoms with Crippen molar-refractivity contribution in [3.63, 3.8) is 0 Å². The lowest BCUT2D eigenvalue weighted by molar-refractivity contribution is 0.488. The molecule has 0 aliphatic heterocycles. The molecule has 0 radical (unpaired) electrons. The molecule has 1 atom stereocenters. The molecule has 4 heteroatoms. The highest BCUT2D eigenvalue weighted by Gasteiger charge is 2.33. The van der Waals surface area contributed by atoms with Gasteiger partial charge in [-0.25, -0.2) is 0 Å². The van der Waals surface area contributed by atoms with Crippen LogP contribution in [0.4, 0.5) is 5.69 Å². The molecule has 3 N–H and O–H groups in total. The van der Waals surface area contributed by atoms with Gasteiger partial charge in [0.05, 0.1) is 0 Å². The van der Waals surface area contributed by atoms with Gasteiger partial charge in [0.2, 0.25) is 10.2 Å². The van der Waals surface area contributed by atoms with Crippen molar-refractivity contribution in [2.75, 3.05) is 5.73 Å². The van der Waals surface area contributed by atoms with Crippen LogP contribution in [0.25, 0.3) is 0 Å². The maximum Gasteiger partial charge on any atom is 0.250 e. The van der Waals surface area contributed by atoms with E-state index in [9.17, 15) is 8.76 Å². The van der Waals surface area contributed by atoms with Crippen LogP contribution < -0.4 is 5.73 Å². The minimum atomic E-state index is -2.95. The molecule has 0 aliphatic carbocycles. The van der Waals surface area contributed by atoms with Crippen molar-refractivity contribution in [1.82, 2.24) is 0 Å². The Labute approximate surface area is 85.6 Å². The van der Waals surface area contributed by atoms with Gasteiger partial charge >= 0.3 is 0 Å². The van der Waals surface area contributed by atoms with Crippen LogP contribution in [0, 0.1) is 6.92 Å². The van der Waals surface area contributed by atoms with Gasteiger partial charge in [-0.3, -0.25) is 0 Å². The molecule has 0 aromatic heterocycles. The molecule has 1 unspecified atom stereocenters. The Morgan fingerprint density at radius 2 is 1.93 bits per heavy atom. The number of rotatable bonds is 2. The van der Waals surface area contributed by atoms with E-state index in [1.54, 1.807) is 32.0 Å². The monoisotopic (exact) mass is 214 g/mol. The third kappa shape index (κ3) is 2.13. The van der Waals surface area contributed by atoms with E-state index in [1.807, 2.05) is 6.92 Å². The summed E-state index contributed by atoms with van der Waals surface area (Å²) < 4.78 is 21.7. The molecule has 3 nitrogen and oxygen atoms in total. The first kappa shape index (κ1) is 11.2. The SMILES string of the molecule is Cc1cc(N)cc([S+](=O)(O)C(C)C)c1. The predicted octanol–water partition coefficient (Wildman–Crippen LogP) is 2.32. The van der Waals surface area contributed by atoms with Gasteiger partial charge in [-0.15, -0.1) is 0 Å². The van der Waals surface area contributed by atoms with E-state index in [0.717, 1.165) is 5.56 Å². The standard InChI is InChI=1S/C10H15NO2S/c1-7(2)14(12,13)10-5-8(3)4-9(11)6-10/h4-7H,11H2,1-3H3/p+1. The molecule has 14 heavy (non-hydrogen) atoms. The highest BCUT2D eigenvalue weighted by atomic mass is 32.3. The van der Waals surface area contributed by atoms with Crippen molar-refractivity contribution >= 4 is 15.9 Å². The molecule has 1 aromatic carbocycles. The second kappa shape index (κ2) is 3.71. The Balaban J connectivity index is 3.26. The van der Waals surface area contributed by atoms with Crippen LogP contribution >= 0.6 is 0 Å². The van der Waals surface area contributed by atoms with Gasteiger partial charge in [0.25, 0.3) is 0 Å². The van der Waals surface area contributed by atoms with Gasteiger partial charge in [0.15, 0.2) is 10.1 Å². The van der Waals surface area contributed by atoms with Crippen molar-refractivity contribution in [2.45, 2.75) is 30.9 Å². The predicted molar refractivity (Wildman–Crippen MR) is 59.7 cm³/mol. The average Bonchev–Trinajstić information content (AvgIpc) is 2.01. The molecule has 0 saturated heterocycles. The first-order chi connectivity index (χ1) is 6.34. The van der Waals surface area contributed by atoms with E-state index < -0.39 is 10.2 Å². The van der Waals surface area contributed by atoms with Crippen LogP contribution in [-0.4, -0.2) is 9.80 Å². The molecule has 0 aliphatic rings. The Hall–Kier alpha value is -0.870. The van der Waals surface area contributed by atoms with Gasteiger partial charge in [0.1, 0.15) is 0 Å². The molecule has 1 aromatic rings. The summed E-state index contributed by atoms with van der Waals surface area (Å²) in [7, 11) is -2.95. The minimum absolute atomic E-state index is 0.302. The Morgan fingerprint density at radius 3 is 2.36 bits per heavy atom. The first-order valence-electron chi connectivity index (χ1n) is 4.46. The third-order valence-electron chi connectivity index (χ3n) is 2.05. The lowest BCUT2D eigenvalue weighted by atomic mass is 10.2. The maximum atomic E-state index is 11.9. The van der Waals surface area contributed by atoms with E-state index in [0.29, 0.717) is 10.6 Å². The van der Waals surface area contributed by atoms with E-state index in [2.05, 4.69) is 0 Å². The smallest absolute Gasteiger partial charge is 0.250 e. The highest BCUT2D eigenvalue weighted by Crippen LogP contribution is 2.24. The van der Waals surface area contributed by atoms with E-state index in [-0.39, 0.29) is 5.25 Å². The molecular formula is C10H16NO2S+. The Morgan fingerprint density at radius 1 is 1.36 bits per heavy atom. The molecule has 1 rings (SSSR count). The van der Waals surface area contributed by atoms with Crippen molar-refractivity contribution in [3.8, 4) is 0 Å². The van der Waals surface area contributed by atoms with Crippen molar-refractivity contribution in [3.05, 3.63) is 23.8 Å². The molecule has 0 saturated carbocycles.